The second-order valence-electron chi connectivity index (χ2n) is 11.6. The van der Waals surface area contributed by atoms with Crippen LogP contribution in [-0.2, 0) is 11.2 Å². The summed E-state index contributed by atoms with van der Waals surface area (Å²) in [4.78, 5) is 47.6. The molecule has 0 saturated carbocycles. The molecule has 0 aliphatic carbocycles. The van der Waals surface area contributed by atoms with Crippen molar-refractivity contribution in [2.24, 2.45) is 0 Å². The van der Waals surface area contributed by atoms with Crippen LogP contribution >= 0.6 is 0 Å². The predicted molar refractivity (Wildman–Crippen MR) is 170 cm³/mol. The minimum absolute atomic E-state index is 0.268. The number of fused-ring (bicyclic) bond motifs is 4. The first-order chi connectivity index (χ1) is 21.3. The number of anilines is 2. The van der Waals surface area contributed by atoms with Crippen LogP contribution in [0.2, 0.25) is 0 Å². The van der Waals surface area contributed by atoms with Crippen LogP contribution in [0.15, 0.2) is 97.1 Å². The first-order valence-corrected chi connectivity index (χ1v) is 14.7. The monoisotopic (exact) mass is 584 g/mol. The number of amides is 4. The molecule has 0 radical (unpaired) electrons. The zero-order chi connectivity index (χ0) is 30.5. The van der Waals surface area contributed by atoms with Gasteiger partial charge in [-0.3, -0.25) is 14.5 Å². The van der Waals surface area contributed by atoms with Gasteiger partial charge in [-0.15, -0.1) is 0 Å². The van der Waals surface area contributed by atoms with E-state index in [9.17, 15) is 14.4 Å². The Morgan fingerprint density at radius 2 is 1.61 bits per heavy atom. The van der Waals surface area contributed by atoms with Gasteiger partial charge in [-0.25, -0.2) is 9.69 Å². The number of urea groups is 1. The van der Waals surface area contributed by atoms with E-state index in [1.54, 1.807) is 36.3 Å². The molecule has 8 nitrogen and oxygen atoms in total. The molecule has 7 rings (SSSR count). The normalized spacial score (nSPS) is 17.6. The lowest BCUT2D eigenvalue weighted by molar-refractivity contribution is -0.120. The van der Waals surface area contributed by atoms with Crippen LogP contribution in [0.1, 0.15) is 58.5 Å². The SMILES string of the molecule is COc1ccc(C2c3[nH]c4ccccc4c3CC3C(=O)N(c4ccc(C(=O)Nc5ccc(C(C)C)cc5)cc4)C(=O)N32)cc1. The molecule has 8 heteroatoms. The van der Waals surface area contributed by atoms with Crippen LogP contribution in [0.5, 0.6) is 5.75 Å². The number of rotatable bonds is 6. The fraction of sp³-hybridized carbons (Fsp3) is 0.194. The van der Waals surface area contributed by atoms with Gasteiger partial charge in [0.1, 0.15) is 17.8 Å². The summed E-state index contributed by atoms with van der Waals surface area (Å²) in [5.41, 5.74) is 6.54. The average molecular weight is 585 g/mol. The highest BCUT2D eigenvalue weighted by Crippen LogP contribution is 2.45. The summed E-state index contributed by atoms with van der Waals surface area (Å²) in [6.07, 6.45) is 0.406. The van der Waals surface area contributed by atoms with Gasteiger partial charge in [0.2, 0.25) is 0 Å². The topological polar surface area (TPSA) is 94.7 Å². The number of hydrogen-bond acceptors (Lipinski definition) is 4. The van der Waals surface area contributed by atoms with Crippen LogP contribution in [0.3, 0.4) is 0 Å². The number of ether oxygens (including phenoxy) is 1. The van der Waals surface area contributed by atoms with Crippen molar-refractivity contribution in [3.8, 4) is 5.75 Å². The van der Waals surface area contributed by atoms with Crippen molar-refractivity contribution in [2.45, 2.75) is 38.3 Å². The van der Waals surface area contributed by atoms with Gasteiger partial charge in [-0.05, 0) is 77.2 Å². The summed E-state index contributed by atoms with van der Waals surface area (Å²) in [5, 5.41) is 3.97. The van der Waals surface area contributed by atoms with Gasteiger partial charge in [0.05, 0.1) is 12.8 Å². The Morgan fingerprint density at radius 1 is 0.909 bits per heavy atom. The lowest BCUT2D eigenvalue weighted by atomic mass is 9.89. The zero-order valence-electron chi connectivity index (χ0n) is 24.7. The molecule has 1 fully saturated rings. The molecule has 2 aliphatic heterocycles. The number of methoxy groups -OCH3 is 1. The smallest absolute Gasteiger partial charge is 0.332 e. The Balaban J connectivity index is 1.19. The van der Waals surface area contributed by atoms with Crippen molar-refractivity contribution in [3.05, 3.63) is 125 Å². The first-order valence-electron chi connectivity index (χ1n) is 14.7. The van der Waals surface area contributed by atoms with E-state index < -0.39 is 18.1 Å². The molecule has 1 saturated heterocycles. The van der Waals surface area contributed by atoms with Crippen LogP contribution in [0.4, 0.5) is 16.2 Å². The average Bonchev–Trinajstić information content (AvgIpc) is 3.54. The number of hydrogen-bond donors (Lipinski definition) is 2. The number of aromatic nitrogens is 1. The van der Waals surface area contributed by atoms with Crippen molar-refractivity contribution < 1.29 is 19.1 Å². The first kappa shape index (κ1) is 27.5. The van der Waals surface area contributed by atoms with Crippen molar-refractivity contribution in [1.29, 1.82) is 0 Å². The quantitative estimate of drug-likeness (QED) is 0.210. The second-order valence-corrected chi connectivity index (χ2v) is 11.6. The van der Waals surface area contributed by atoms with E-state index in [0.29, 0.717) is 35.0 Å². The summed E-state index contributed by atoms with van der Waals surface area (Å²) in [5.74, 6) is 0.557. The molecular weight excluding hydrogens is 552 g/mol. The van der Waals surface area contributed by atoms with Crippen LogP contribution in [0.25, 0.3) is 10.9 Å². The minimum atomic E-state index is -0.668. The molecule has 4 amide bonds. The second kappa shape index (κ2) is 10.7. The van der Waals surface area contributed by atoms with Crippen molar-refractivity contribution in [1.82, 2.24) is 9.88 Å². The van der Waals surface area contributed by atoms with E-state index in [2.05, 4.69) is 24.1 Å². The maximum absolute atomic E-state index is 14.1. The highest BCUT2D eigenvalue weighted by atomic mass is 16.5. The highest BCUT2D eigenvalue weighted by Gasteiger charge is 2.53. The number of nitrogens with one attached hydrogen (secondary N) is 2. The van der Waals surface area contributed by atoms with E-state index in [4.69, 9.17) is 4.74 Å². The molecule has 2 unspecified atom stereocenters. The summed E-state index contributed by atoms with van der Waals surface area (Å²) in [7, 11) is 1.61. The van der Waals surface area contributed by atoms with Crippen LogP contribution < -0.4 is 15.0 Å². The van der Waals surface area contributed by atoms with Crippen molar-refractivity contribution in [3.63, 3.8) is 0 Å². The van der Waals surface area contributed by atoms with Gasteiger partial charge >= 0.3 is 6.03 Å². The molecule has 220 valence electrons. The molecule has 5 aromatic rings. The molecule has 4 aromatic carbocycles. The third-order valence-electron chi connectivity index (χ3n) is 8.70. The number of carbonyl (C=O) groups is 3. The number of para-hydroxylation sites is 1. The molecule has 1 aromatic heterocycles. The predicted octanol–water partition coefficient (Wildman–Crippen LogP) is 7.04. The van der Waals surface area contributed by atoms with E-state index in [-0.39, 0.29) is 11.8 Å². The number of H-pyrrole nitrogens is 1. The Labute approximate surface area is 255 Å². The van der Waals surface area contributed by atoms with Gasteiger partial charge in [0.15, 0.2) is 0 Å². The van der Waals surface area contributed by atoms with E-state index in [1.165, 1.54) is 10.5 Å². The lowest BCUT2D eigenvalue weighted by Gasteiger charge is -2.36. The van der Waals surface area contributed by atoms with Crippen molar-refractivity contribution >= 4 is 40.1 Å². The maximum atomic E-state index is 14.1. The largest absolute Gasteiger partial charge is 0.497 e. The Hall–Kier alpha value is -5.37. The summed E-state index contributed by atoms with van der Waals surface area (Å²) >= 11 is 0. The zero-order valence-corrected chi connectivity index (χ0v) is 24.7. The molecule has 2 atom stereocenters. The van der Waals surface area contributed by atoms with Crippen LogP contribution in [-0.4, -0.2) is 40.9 Å². The van der Waals surface area contributed by atoms with E-state index >= 15 is 0 Å². The highest BCUT2D eigenvalue weighted by molar-refractivity contribution is 6.22. The molecule has 2 aliphatic rings. The van der Waals surface area contributed by atoms with Gasteiger partial charge in [0, 0.05) is 34.3 Å². The fourth-order valence-corrected chi connectivity index (χ4v) is 6.36. The fourth-order valence-electron chi connectivity index (χ4n) is 6.36. The van der Waals surface area contributed by atoms with Crippen molar-refractivity contribution in [2.75, 3.05) is 17.3 Å². The number of nitrogens with zero attached hydrogens (tertiary/aromatic N) is 2. The Kier molecular flexibility index (Phi) is 6.69. The molecule has 2 N–H and O–H groups in total. The minimum Gasteiger partial charge on any atom is -0.497 e. The molecule has 44 heavy (non-hydrogen) atoms. The lowest BCUT2D eigenvalue weighted by Crippen LogP contribution is -2.44. The Bertz CT molecular complexity index is 1890. The summed E-state index contributed by atoms with van der Waals surface area (Å²) in [6, 6.07) is 28.4. The summed E-state index contributed by atoms with van der Waals surface area (Å²) in [6.45, 7) is 4.24. The van der Waals surface area contributed by atoms with Gasteiger partial charge in [-0.2, -0.15) is 0 Å². The Morgan fingerprint density at radius 3 is 2.30 bits per heavy atom. The maximum Gasteiger partial charge on any atom is 0.332 e. The number of aromatic amines is 1. The summed E-state index contributed by atoms with van der Waals surface area (Å²) < 4.78 is 5.37. The molecular formula is C36H32N4O4. The third kappa shape index (κ3) is 4.50. The van der Waals surface area contributed by atoms with Crippen LogP contribution in [0, 0.1) is 0 Å². The van der Waals surface area contributed by atoms with E-state index in [1.807, 2.05) is 72.8 Å². The molecule has 0 spiro atoms. The number of carbonyl (C=O) groups excluding carboxylic acids is 3. The molecule has 0 bridgehead atoms. The van der Waals surface area contributed by atoms with Gasteiger partial charge in [-0.1, -0.05) is 56.3 Å². The standard InChI is InChI=1S/C36H32N4O4/c1-21(2)22-8-14-25(15-9-22)37-34(41)24-10-16-26(17-11-24)39-35(42)31-20-29-28-6-4-5-7-30(28)38-32(29)33(40(31)36(39)43)23-12-18-27(44-3)19-13-23/h4-19,21,31,33,38H,20H2,1-3H3,(H,37,41). The van der Waals surface area contributed by atoms with Gasteiger partial charge < -0.3 is 15.0 Å². The third-order valence-corrected chi connectivity index (χ3v) is 8.70. The number of benzene rings is 4. The molecule has 3 heterocycles. The van der Waals surface area contributed by atoms with Gasteiger partial charge in [0.25, 0.3) is 11.8 Å². The number of imide groups is 1. The van der Waals surface area contributed by atoms with E-state index in [0.717, 1.165) is 27.7 Å².